The molecule has 0 saturated carbocycles. The highest BCUT2D eigenvalue weighted by Crippen LogP contribution is 2.16. The fourth-order valence-corrected chi connectivity index (χ4v) is 2.96. The minimum absolute atomic E-state index is 0.120. The zero-order valence-electron chi connectivity index (χ0n) is 13.7. The largest absolute Gasteiger partial charge is 0.356 e. The van der Waals surface area contributed by atoms with Crippen LogP contribution < -0.4 is 10.6 Å². The molecule has 128 valence electrons. The van der Waals surface area contributed by atoms with Gasteiger partial charge in [0, 0.05) is 25.8 Å². The van der Waals surface area contributed by atoms with E-state index in [9.17, 15) is 9.59 Å². The van der Waals surface area contributed by atoms with Crippen molar-refractivity contribution in [3.63, 3.8) is 0 Å². The summed E-state index contributed by atoms with van der Waals surface area (Å²) in [5.41, 5.74) is 1.18. The fraction of sp³-hybridized carbons (Fsp3) is 0.412. The van der Waals surface area contributed by atoms with Gasteiger partial charge in [0.2, 0.25) is 16.9 Å². The Balaban J connectivity index is 1.62. The van der Waals surface area contributed by atoms with Crippen LogP contribution >= 0.6 is 11.3 Å². The van der Waals surface area contributed by atoms with Gasteiger partial charge >= 0.3 is 0 Å². The molecule has 0 aliphatic heterocycles. The van der Waals surface area contributed by atoms with E-state index in [0.29, 0.717) is 11.7 Å². The molecule has 1 aromatic heterocycles. The second-order valence-corrected chi connectivity index (χ2v) is 6.45. The zero-order valence-corrected chi connectivity index (χ0v) is 14.6. The Kier molecular flexibility index (Phi) is 7.35. The Labute approximate surface area is 145 Å². The zero-order chi connectivity index (χ0) is 17.2. The molecule has 6 nitrogen and oxygen atoms in total. The maximum atomic E-state index is 11.8. The summed E-state index contributed by atoms with van der Waals surface area (Å²) in [4.78, 5) is 23.6. The van der Waals surface area contributed by atoms with Crippen LogP contribution in [0, 0.1) is 0 Å². The molecule has 2 aromatic rings. The average Bonchev–Trinajstić information content (AvgIpc) is 3.01. The molecule has 0 spiro atoms. The molecule has 0 radical (unpaired) electrons. The summed E-state index contributed by atoms with van der Waals surface area (Å²) in [7, 11) is 0. The molecule has 1 heterocycles. The lowest BCUT2D eigenvalue weighted by Gasteiger charge is -2.05. The minimum atomic E-state index is -0.215. The summed E-state index contributed by atoms with van der Waals surface area (Å²) >= 11 is 1.38. The van der Waals surface area contributed by atoms with Gasteiger partial charge < -0.3 is 10.6 Å². The molecule has 24 heavy (non-hydrogen) atoms. The summed E-state index contributed by atoms with van der Waals surface area (Å²) in [6.07, 6.45) is 2.94. The normalized spacial score (nSPS) is 10.4. The van der Waals surface area contributed by atoms with E-state index in [1.165, 1.54) is 16.9 Å². The first-order chi connectivity index (χ1) is 11.7. The lowest BCUT2D eigenvalue weighted by Crippen LogP contribution is -2.26. The summed E-state index contributed by atoms with van der Waals surface area (Å²) in [6, 6.07) is 9.95. The van der Waals surface area contributed by atoms with Gasteiger partial charge in [0.05, 0.1) is 0 Å². The Hall–Kier alpha value is -2.28. The molecule has 7 heteroatoms. The van der Waals surface area contributed by atoms with Gasteiger partial charge in [-0.1, -0.05) is 48.6 Å². The highest BCUT2D eigenvalue weighted by molar-refractivity contribution is 7.15. The van der Waals surface area contributed by atoms with Crippen LogP contribution in [0.5, 0.6) is 0 Å². The quantitative estimate of drug-likeness (QED) is 0.731. The molecule has 2 amide bonds. The maximum Gasteiger partial charge on any atom is 0.226 e. The molecule has 0 fully saturated rings. The van der Waals surface area contributed by atoms with Crippen LogP contribution in [0.4, 0.5) is 5.13 Å². The topological polar surface area (TPSA) is 84.0 Å². The SMILES string of the molecule is CCCc1nnc(NC(=O)CCC(=O)NCCc2ccccc2)s1. The van der Waals surface area contributed by atoms with Crippen molar-refractivity contribution < 1.29 is 9.59 Å². The number of carbonyl (C=O) groups excluding carboxylic acids is 2. The van der Waals surface area contributed by atoms with Gasteiger partial charge in [0.15, 0.2) is 0 Å². The summed E-state index contributed by atoms with van der Waals surface area (Å²) in [5.74, 6) is -0.336. The highest BCUT2D eigenvalue weighted by Gasteiger charge is 2.10. The monoisotopic (exact) mass is 346 g/mol. The number of nitrogens with one attached hydrogen (secondary N) is 2. The molecule has 0 aliphatic carbocycles. The summed E-state index contributed by atoms with van der Waals surface area (Å²) < 4.78 is 0. The molecular formula is C17H22N4O2S. The van der Waals surface area contributed by atoms with Gasteiger partial charge in [-0.15, -0.1) is 10.2 Å². The van der Waals surface area contributed by atoms with Crippen molar-refractivity contribution in [2.24, 2.45) is 0 Å². The third-order valence-corrected chi connectivity index (χ3v) is 4.23. The maximum absolute atomic E-state index is 11.8. The van der Waals surface area contributed by atoms with E-state index >= 15 is 0 Å². The highest BCUT2D eigenvalue weighted by atomic mass is 32.1. The summed E-state index contributed by atoms with van der Waals surface area (Å²) in [6.45, 7) is 2.64. The van der Waals surface area contributed by atoms with E-state index in [2.05, 4.69) is 27.8 Å². The predicted octanol–water partition coefficient (Wildman–Crippen LogP) is 2.57. The van der Waals surface area contributed by atoms with Crippen LogP contribution in [-0.4, -0.2) is 28.6 Å². The van der Waals surface area contributed by atoms with E-state index in [4.69, 9.17) is 0 Å². The number of aryl methyl sites for hydroxylation is 1. The number of aromatic nitrogens is 2. The van der Waals surface area contributed by atoms with E-state index in [0.717, 1.165) is 24.3 Å². The van der Waals surface area contributed by atoms with Crippen LogP contribution in [0.25, 0.3) is 0 Å². The molecule has 2 N–H and O–H groups in total. The van der Waals surface area contributed by atoms with Crippen molar-refractivity contribution in [1.82, 2.24) is 15.5 Å². The van der Waals surface area contributed by atoms with Gasteiger partial charge in [-0.25, -0.2) is 0 Å². The van der Waals surface area contributed by atoms with Gasteiger partial charge in [-0.3, -0.25) is 9.59 Å². The van der Waals surface area contributed by atoms with Crippen molar-refractivity contribution in [2.45, 2.75) is 39.0 Å². The van der Waals surface area contributed by atoms with Gasteiger partial charge in [-0.2, -0.15) is 0 Å². The van der Waals surface area contributed by atoms with Crippen molar-refractivity contribution in [3.8, 4) is 0 Å². The third-order valence-electron chi connectivity index (χ3n) is 3.33. The Morgan fingerprint density at radius 3 is 2.54 bits per heavy atom. The third kappa shape index (κ3) is 6.45. The molecular weight excluding hydrogens is 324 g/mol. The lowest BCUT2D eigenvalue weighted by molar-refractivity contribution is -0.124. The number of carbonyl (C=O) groups is 2. The first-order valence-electron chi connectivity index (χ1n) is 8.10. The van der Waals surface area contributed by atoms with Crippen LogP contribution in [0.2, 0.25) is 0 Å². The lowest BCUT2D eigenvalue weighted by atomic mass is 10.1. The van der Waals surface area contributed by atoms with E-state index < -0.39 is 0 Å². The molecule has 0 unspecified atom stereocenters. The summed E-state index contributed by atoms with van der Waals surface area (Å²) in [5, 5.41) is 14.8. The van der Waals surface area contributed by atoms with Crippen molar-refractivity contribution >= 4 is 28.3 Å². The first-order valence-corrected chi connectivity index (χ1v) is 8.92. The number of nitrogens with zero attached hydrogens (tertiary/aromatic N) is 2. The number of hydrogen-bond donors (Lipinski definition) is 2. The predicted molar refractivity (Wildman–Crippen MR) is 94.9 cm³/mol. The molecule has 0 atom stereocenters. The first kappa shape index (κ1) is 18.1. The average molecular weight is 346 g/mol. The van der Waals surface area contributed by atoms with Crippen LogP contribution in [0.3, 0.4) is 0 Å². The van der Waals surface area contributed by atoms with E-state index in [1.54, 1.807) is 0 Å². The van der Waals surface area contributed by atoms with Crippen molar-refractivity contribution in [2.75, 3.05) is 11.9 Å². The smallest absolute Gasteiger partial charge is 0.226 e. The standard InChI is InChI=1S/C17H22N4O2S/c1-2-6-16-20-21-17(24-16)19-15(23)10-9-14(22)18-12-11-13-7-4-3-5-8-13/h3-5,7-8H,2,6,9-12H2,1H3,(H,18,22)(H,19,21,23). The second kappa shape index (κ2) is 9.77. The van der Waals surface area contributed by atoms with Crippen LogP contribution in [0.1, 0.15) is 36.8 Å². The fourth-order valence-electron chi connectivity index (χ4n) is 2.11. The van der Waals surface area contributed by atoms with E-state index in [-0.39, 0.29) is 24.7 Å². The molecule has 0 aliphatic rings. The number of anilines is 1. The van der Waals surface area contributed by atoms with Crippen LogP contribution in [0.15, 0.2) is 30.3 Å². The van der Waals surface area contributed by atoms with Crippen LogP contribution in [-0.2, 0) is 22.4 Å². The number of hydrogen-bond acceptors (Lipinski definition) is 5. The molecule has 1 aromatic carbocycles. The Morgan fingerprint density at radius 1 is 1.04 bits per heavy atom. The number of amides is 2. The van der Waals surface area contributed by atoms with Crippen molar-refractivity contribution in [3.05, 3.63) is 40.9 Å². The molecule has 2 rings (SSSR count). The van der Waals surface area contributed by atoms with Gasteiger partial charge in [0.1, 0.15) is 5.01 Å². The Bertz CT molecular complexity index is 658. The minimum Gasteiger partial charge on any atom is -0.356 e. The second-order valence-electron chi connectivity index (χ2n) is 5.38. The van der Waals surface area contributed by atoms with Gasteiger partial charge in [0.25, 0.3) is 0 Å². The number of rotatable bonds is 9. The van der Waals surface area contributed by atoms with Gasteiger partial charge in [-0.05, 0) is 18.4 Å². The number of benzene rings is 1. The van der Waals surface area contributed by atoms with Crippen molar-refractivity contribution in [1.29, 1.82) is 0 Å². The Morgan fingerprint density at radius 2 is 1.79 bits per heavy atom. The molecule has 0 saturated heterocycles. The van der Waals surface area contributed by atoms with E-state index in [1.807, 2.05) is 30.3 Å². The molecule has 0 bridgehead atoms.